The zero-order chi connectivity index (χ0) is 10.8. The zero-order valence-corrected chi connectivity index (χ0v) is 9.91. The Morgan fingerprint density at radius 2 is 2.07 bits per heavy atom. The number of aromatic nitrogens is 2. The van der Waals surface area contributed by atoms with Crippen LogP contribution in [0.15, 0.2) is 12.4 Å². The van der Waals surface area contributed by atoms with E-state index in [2.05, 4.69) is 28.7 Å². The molecular weight excluding hydrogens is 210 g/mol. The van der Waals surface area contributed by atoms with Crippen LogP contribution < -0.4 is 4.90 Å². The lowest BCUT2D eigenvalue weighted by Gasteiger charge is -2.37. The van der Waals surface area contributed by atoms with E-state index in [9.17, 15) is 0 Å². The highest BCUT2D eigenvalue weighted by atomic mass is 35.5. The monoisotopic (exact) mass is 225 g/mol. The van der Waals surface area contributed by atoms with Crippen LogP contribution in [-0.4, -0.2) is 22.6 Å². The number of rotatable bonds is 1. The van der Waals surface area contributed by atoms with E-state index in [1.54, 1.807) is 12.4 Å². The lowest BCUT2D eigenvalue weighted by atomic mass is 9.93. The molecule has 2 unspecified atom stereocenters. The Balaban J connectivity index is 2.20. The van der Waals surface area contributed by atoms with Crippen molar-refractivity contribution in [3.05, 3.63) is 17.5 Å². The number of nitrogens with zero attached hydrogens (tertiary/aromatic N) is 3. The molecule has 82 valence electrons. The normalized spacial score (nSPS) is 26.7. The summed E-state index contributed by atoms with van der Waals surface area (Å²) in [5.41, 5.74) is 0. The number of halogens is 1. The molecule has 1 fully saturated rings. The number of anilines is 1. The van der Waals surface area contributed by atoms with Gasteiger partial charge in [0.2, 0.25) is 0 Å². The Labute approximate surface area is 95.5 Å². The Morgan fingerprint density at radius 3 is 2.73 bits per heavy atom. The number of hydrogen-bond donors (Lipinski definition) is 0. The molecule has 0 saturated carbocycles. The second-order valence-corrected chi connectivity index (χ2v) is 4.70. The van der Waals surface area contributed by atoms with Crippen molar-refractivity contribution in [2.75, 3.05) is 11.4 Å². The Morgan fingerprint density at radius 1 is 1.33 bits per heavy atom. The molecule has 2 rings (SSSR count). The third-order valence-electron chi connectivity index (χ3n) is 3.05. The van der Waals surface area contributed by atoms with Gasteiger partial charge in [-0.05, 0) is 25.7 Å². The summed E-state index contributed by atoms with van der Waals surface area (Å²) in [5.74, 6) is 1.63. The molecule has 4 heteroatoms. The first kappa shape index (κ1) is 10.7. The van der Waals surface area contributed by atoms with E-state index in [0.717, 1.165) is 18.3 Å². The highest BCUT2D eigenvalue weighted by molar-refractivity contribution is 6.31. The van der Waals surface area contributed by atoms with Gasteiger partial charge in [-0.25, -0.2) is 9.97 Å². The molecule has 0 aliphatic carbocycles. The highest BCUT2D eigenvalue weighted by Crippen LogP contribution is 2.29. The van der Waals surface area contributed by atoms with Crippen molar-refractivity contribution in [2.45, 2.75) is 32.7 Å². The van der Waals surface area contributed by atoms with E-state index in [-0.39, 0.29) is 0 Å². The summed E-state index contributed by atoms with van der Waals surface area (Å²) >= 11 is 6.04. The minimum absolute atomic E-state index is 0.503. The average molecular weight is 226 g/mol. The van der Waals surface area contributed by atoms with Gasteiger partial charge in [-0.1, -0.05) is 18.5 Å². The van der Waals surface area contributed by atoms with Crippen LogP contribution in [0.25, 0.3) is 0 Å². The molecule has 1 aromatic rings. The molecule has 0 spiro atoms. The van der Waals surface area contributed by atoms with Gasteiger partial charge in [-0.2, -0.15) is 0 Å². The van der Waals surface area contributed by atoms with Crippen LogP contribution in [0.2, 0.25) is 5.15 Å². The first-order valence-electron chi connectivity index (χ1n) is 5.41. The second kappa shape index (κ2) is 4.35. The molecule has 1 aliphatic rings. The molecule has 15 heavy (non-hydrogen) atoms. The van der Waals surface area contributed by atoms with Crippen molar-refractivity contribution in [2.24, 2.45) is 5.92 Å². The van der Waals surface area contributed by atoms with E-state index in [1.165, 1.54) is 12.8 Å². The van der Waals surface area contributed by atoms with Gasteiger partial charge in [-0.3, -0.25) is 0 Å². The molecule has 0 aromatic carbocycles. The van der Waals surface area contributed by atoms with Crippen molar-refractivity contribution in [1.82, 2.24) is 9.97 Å². The van der Waals surface area contributed by atoms with Crippen LogP contribution in [-0.2, 0) is 0 Å². The van der Waals surface area contributed by atoms with Crippen LogP contribution in [0.3, 0.4) is 0 Å². The summed E-state index contributed by atoms with van der Waals surface area (Å²) in [4.78, 5) is 10.6. The van der Waals surface area contributed by atoms with Crippen molar-refractivity contribution >= 4 is 17.4 Å². The molecule has 0 amide bonds. The van der Waals surface area contributed by atoms with E-state index >= 15 is 0 Å². The van der Waals surface area contributed by atoms with Gasteiger partial charge in [0.25, 0.3) is 0 Å². The summed E-state index contributed by atoms with van der Waals surface area (Å²) in [6, 6.07) is 0.503. The van der Waals surface area contributed by atoms with Gasteiger partial charge in [0.1, 0.15) is 0 Å². The molecule has 0 radical (unpaired) electrons. The fourth-order valence-electron chi connectivity index (χ4n) is 2.23. The predicted molar refractivity (Wildman–Crippen MR) is 62.2 cm³/mol. The lowest BCUT2D eigenvalue weighted by Crippen LogP contribution is -2.40. The molecular formula is C11H16ClN3. The second-order valence-electron chi connectivity index (χ2n) is 4.34. The minimum atomic E-state index is 0.503. The van der Waals surface area contributed by atoms with Gasteiger partial charge < -0.3 is 4.90 Å². The van der Waals surface area contributed by atoms with E-state index in [4.69, 9.17) is 11.6 Å². The summed E-state index contributed by atoms with van der Waals surface area (Å²) in [6.07, 6.45) is 5.74. The van der Waals surface area contributed by atoms with Gasteiger partial charge in [0.15, 0.2) is 11.0 Å². The van der Waals surface area contributed by atoms with Crippen molar-refractivity contribution in [3.63, 3.8) is 0 Å². The fourth-order valence-corrected chi connectivity index (χ4v) is 2.44. The summed E-state index contributed by atoms with van der Waals surface area (Å²) in [6.45, 7) is 5.55. The van der Waals surface area contributed by atoms with Gasteiger partial charge in [0.05, 0.1) is 0 Å². The van der Waals surface area contributed by atoms with E-state index < -0.39 is 0 Å². The quantitative estimate of drug-likeness (QED) is 0.736. The van der Waals surface area contributed by atoms with Crippen LogP contribution in [0.5, 0.6) is 0 Å². The standard InChI is InChI=1S/C11H16ClN3/c1-8-3-6-15(9(2)7-8)11-10(12)13-4-5-14-11/h4-5,8-9H,3,6-7H2,1-2H3. The zero-order valence-electron chi connectivity index (χ0n) is 9.15. The fraction of sp³-hybridized carbons (Fsp3) is 0.636. The van der Waals surface area contributed by atoms with Crippen LogP contribution >= 0.6 is 11.6 Å². The van der Waals surface area contributed by atoms with E-state index in [1.807, 2.05) is 0 Å². The summed E-state index contributed by atoms with van der Waals surface area (Å²) in [5, 5.41) is 0.513. The Kier molecular flexibility index (Phi) is 3.10. The maximum atomic E-state index is 6.04. The molecule has 0 N–H and O–H groups in total. The first-order chi connectivity index (χ1) is 7.18. The summed E-state index contributed by atoms with van der Waals surface area (Å²) in [7, 11) is 0. The van der Waals surface area contributed by atoms with Gasteiger partial charge in [0, 0.05) is 25.0 Å². The third-order valence-corrected chi connectivity index (χ3v) is 3.31. The van der Waals surface area contributed by atoms with Crippen molar-refractivity contribution in [3.8, 4) is 0 Å². The molecule has 1 aromatic heterocycles. The molecule has 0 bridgehead atoms. The molecule has 1 aliphatic heterocycles. The Bertz CT molecular complexity index is 342. The van der Waals surface area contributed by atoms with Crippen LogP contribution in [0.1, 0.15) is 26.7 Å². The van der Waals surface area contributed by atoms with Gasteiger partial charge in [-0.15, -0.1) is 0 Å². The van der Waals surface area contributed by atoms with Crippen LogP contribution in [0, 0.1) is 5.92 Å². The largest absolute Gasteiger partial charge is 0.351 e. The Hall–Kier alpha value is -0.830. The number of hydrogen-bond acceptors (Lipinski definition) is 3. The molecule has 2 heterocycles. The van der Waals surface area contributed by atoms with Crippen molar-refractivity contribution in [1.29, 1.82) is 0 Å². The first-order valence-corrected chi connectivity index (χ1v) is 5.79. The maximum Gasteiger partial charge on any atom is 0.171 e. The average Bonchev–Trinajstić information content (AvgIpc) is 2.20. The predicted octanol–water partition coefficient (Wildman–Crippen LogP) is 2.75. The molecule has 2 atom stereocenters. The van der Waals surface area contributed by atoms with Gasteiger partial charge >= 0.3 is 0 Å². The third kappa shape index (κ3) is 2.23. The van der Waals surface area contributed by atoms with Crippen LogP contribution in [0.4, 0.5) is 5.82 Å². The lowest BCUT2D eigenvalue weighted by molar-refractivity contribution is 0.376. The van der Waals surface area contributed by atoms with E-state index in [0.29, 0.717) is 11.2 Å². The minimum Gasteiger partial charge on any atom is -0.351 e. The topological polar surface area (TPSA) is 29.0 Å². The van der Waals surface area contributed by atoms with Crippen molar-refractivity contribution < 1.29 is 0 Å². The smallest absolute Gasteiger partial charge is 0.171 e. The molecule has 3 nitrogen and oxygen atoms in total. The SMILES string of the molecule is CC1CCN(c2nccnc2Cl)C(C)C1. The summed E-state index contributed by atoms with van der Waals surface area (Å²) < 4.78 is 0. The number of piperidine rings is 1. The molecule has 1 saturated heterocycles. The highest BCUT2D eigenvalue weighted by Gasteiger charge is 2.25. The maximum absolute atomic E-state index is 6.04.